The maximum atomic E-state index is 13.2. The fourth-order valence-electron chi connectivity index (χ4n) is 3.65. The maximum Gasteiger partial charge on any atom is 0.185 e. The molecule has 2 aromatic rings. The lowest BCUT2D eigenvalue weighted by atomic mass is 9.83. The number of anilines is 1. The third-order valence-electron chi connectivity index (χ3n) is 5.38. The van der Waals surface area contributed by atoms with E-state index in [4.69, 9.17) is 0 Å². The van der Waals surface area contributed by atoms with Crippen LogP contribution < -0.4 is 15.5 Å². The zero-order valence-corrected chi connectivity index (χ0v) is 17.8. The van der Waals surface area contributed by atoms with Crippen LogP contribution in [0.2, 0.25) is 0 Å². The van der Waals surface area contributed by atoms with Crippen molar-refractivity contribution in [2.75, 3.05) is 33.1 Å². The van der Waals surface area contributed by atoms with Gasteiger partial charge < -0.3 is 15.5 Å². The Kier molecular flexibility index (Phi) is 7.02. The molecule has 4 nitrogen and oxygen atoms in total. The van der Waals surface area contributed by atoms with E-state index in [2.05, 4.69) is 64.1 Å². The Hall–Kier alpha value is -2.69. The van der Waals surface area contributed by atoms with Gasteiger partial charge in [-0.3, -0.25) is 4.79 Å². The summed E-state index contributed by atoms with van der Waals surface area (Å²) in [5.74, 6) is 0.160. The molecule has 2 aromatic carbocycles. The van der Waals surface area contributed by atoms with Gasteiger partial charge >= 0.3 is 0 Å². The van der Waals surface area contributed by atoms with Crippen molar-refractivity contribution in [2.24, 2.45) is 0 Å². The highest BCUT2D eigenvalue weighted by molar-refractivity contribution is 6.14. The van der Waals surface area contributed by atoms with Gasteiger partial charge in [-0.1, -0.05) is 36.4 Å². The molecule has 1 aliphatic rings. The molecule has 3 rings (SSSR count). The van der Waals surface area contributed by atoms with Crippen LogP contribution in [-0.2, 0) is 11.3 Å². The highest BCUT2D eigenvalue weighted by Gasteiger charge is 2.26. The lowest BCUT2D eigenvalue weighted by molar-refractivity contribution is -0.113. The zero-order chi connectivity index (χ0) is 20.8. The summed E-state index contributed by atoms with van der Waals surface area (Å²) in [5.41, 5.74) is 6.25. The van der Waals surface area contributed by atoms with E-state index in [9.17, 15) is 4.79 Å². The van der Waals surface area contributed by atoms with Gasteiger partial charge in [0.15, 0.2) is 5.78 Å². The van der Waals surface area contributed by atoms with Crippen molar-refractivity contribution in [2.45, 2.75) is 25.4 Å². The summed E-state index contributed by atoms with van der Waals surface area (Å²) >= 11 is 0. The number of nitrogens with one attached hydrogen (secondary N) is 2. The highest BCUT2D eigenvalue weighted by atomic mass is 16.1. The highest BCUT2D eigenvalue weighted by Crippen LogP contribution is 2.29. The number of hydrogen-bond donors (Lipinski definition) is 2. The summed E-state index contributed by atoms with van der Waals surface area (Å²) in [4.78, 5) is 15.2. The van der Waals surface area contributed by atoms with E-state index in [-0.39, 0.29) is 11.8 Å². The van der Waals surface area contributed by atoms with Crippen LogP contribution in [0, 0.1) is 0 Å². The SMILES string of the molecule is CNCc1ccc(/C=C2\CC(NC)C/C(=C\c3ccc(N(C)C)cc3)C2=O)cc1. The fourth-order valence-corrected chi connectivity index (χ4v) is 3.65. The van der Waals surface area contributed by atoms with E-state index in [1.165, 1.54) is 5.56 Å². The van der Waals surface area contributed by atoms with E-state index < -0.39 is 0 Å². The van der Waals surface area contributed by atoms with Crippen LogP contribution in [0.25, 0.3) is 12.2 Å². The van der Waals surface area contributed by atoms with Crippen LogP contribution >= 0.6 is 0 Å². The lowest BCUT2D eigenvalue weighted by Crippen LogP contribution is -2.33. The molecule has 1 saturated carbocycles. The van der Waals surface area contributed by atoms with Crippen LogP contribution in [0.4, 0.5) is 5.69 Å². The Bertz CT molecular complexity index is 893. The number of carbonyl (C=O) groups is 1. The van der Waals surface area contributed by atoms with Crippen molar-refractivity contribution < 1.29 is 4.79 Å². The molecule has 0 heterocycles. The molecule has 1 unspecified atom stereocenters. The smallest absolute Gasteiger partial charge is 0.185 e. The molecule has 0 aromatic heterocycles. The van der Waals surface area contributed by atoms with Crippen LogP contribution in [0.5, 0.6) is 0 Å². The molecule has 0 bridgehead atoms. The van der Waals surface area contributed by atoms with E-state index in [1.54, 1.807) is 0 Å². The Labute approximate surface area is 174 Å². The minimum Gasteiger partial charge on any atom is -0.378 e. The Morgan fingerprint density at radius 1 is 0.897 bits per heavy atom. The van der Waals surface area contributed by atoms with Crippen LogP contribution in [0.1, 0.15) is 29.5 Å². The fraction of sp³-hybridized carbons (Fsp3) is 0.320. The summed E-state index contributed by atoms with van der Waals surface area (Å²) in [6.07, 6.45) is 5.58. The molecule has 1 atom stereocenters. The molecule has 29 heavy (non-hydrogen) atoms. The summed E-state index contributed by atoms with van der Waals surface area (Å²) < 4.78 is 0. The first-order valence-electron chi connectivity index (χ1n) is 10.1. The molecular formula is C25H31N3O. The first kappa shape index (κ1) is 21.0. The predicted molar refractivity (Wildman–Crippen MR) is 123 cm³/mol. The van der Waals surface area contributed by atoms with Gasteiger partial charge in [0, 0.05) is 43.5 Å². The average molecular weight is 390 g/mol. The molecule has 1 aliphatic carbocycles. The molecular weight excluding hydrogens is 358 g/mol. The van der Waals surface area contributed by atoms with Gasteiger partial charge in [0.2, 0.25) is 0 Å². The second-order valence-electron chi connectivity index (χ2n) is 7.82. The van der Waals surface area contributed by atoms with E-state index >= 15 is 0 Å². The van der Waals surface area contributed by atoms with Crippen LogP contribution in [0.15, 0.2) is 59.7 Å². The second-order valence-corrected chi connectivity index (χ2v) is 7.82. The monoisotopic (exact) mass is 389 g/mol. The summed E-state index contributed by atoms with van der Waals surface area (Å²) in [6.45, 7) is 0.844. The van der Waals surface area contributed by atoms with Crippen LogP contribution in [0.3, 0.4) is 0 Å². The summed E-state index contributed by atoms with van der Waals surface area (Å²) in [5, 5.41) is 6.51. The van der Waals surface area contributed by atoms with E-state index in [0.717, 1.165) is 47.3 Å². The van der Waals surface area contributed by atoms with Gasteiger partial charge in [-0.2, -0.15) is 0 Å². The van der Waals surface area contributed by atoms with E-state index in [1.807, 2.05) is 40.3 Å². The molecule has 2 N–H and O–H groups in total. The topological polar surface area (TPSA) is 44.4 Å². The first-order chi connectivity index (χ1) is 14.0. The van der Waals surface area contributed by atoms with Crippen molar-refractivity contribution in [3.63, 3.8) is 0 Å². The minimum absolute atomic E-state index is 0.160. The largest absolute Gasteiger partial charge is 0.378 e. The number of benzene rings is 2. The molecule has 0 aliphatic heterocycles. The van der Waals surface area contributed by atoms with Crippen molar-refractivity contribution in [3.8, 4) is 0 Å². The maximum absolute atomic E-state index is 13.2. The molecule has 152 valence electrons. The van der Waals surface area contributed by atoms with Gasteiger partial charge in [0.25, 0.3) is 0 Å². The molecule has 1 fully saturated rings. The second kappa shape index (κ2) is 9.68. The Morgan fingerprint density at radius 3 is 1.86 bits per heavy atom. The quantitative estimate of drug-likeness (QED) is 0.736. The Balaban J connectivity index is 1.86. The van der Waals surface area contributed by atoms with Crippen molar-refractivity contribution in [3.05, 3.63) is 76.4 Å². The van der Waals surface area contributed by atoms with Gasteiger partial charge in [-0.25, -0.2) is 0 Å². The van der Waals surface area contributed by atoms with E-state index in [0.29, 0.717) is 0 Å². The lowest BCUT2D eigenvalue weighted by Gasteiger charge is -2.25. The molecule has 4 heteroatoms. The number of ketones is 1. The predicted octanol–water partition coefficient (Wildman–Crippen LogP) is 3.89. The van der Waals surface area contributed by atoms with Gasteiger partial charge in [0.1, 0.15) is 0 Å². The average Bonchev–Trinajstić information content (AvgIpc) is 2.72. The molecule has 0 saturated heterocycles. The molecule has 0 spiro atoms. The van der Waals surface area contributed by atoms with Crippen molar-refractivity contribution in [1.82, 2.24) is 10.6 Å². The summed E-state index contributed by atoms with van der Waals surface area (Å²) in [6, 6.07) is 17.0. The number of Topliss-reactive ketones (excluding diaryl/α,β-unsaturated/α-hetero) is 1. The van der Waals surface area contributed by atoms with Crippen molar-refractivity contribution in [1.29, 1.82) is 0 Å². The normalized spacial score (nSPS) is 19.7. The third kappa shape index (κ3) is 5.43. The van der Waals surface area contributed by atoms with Gasteiger partial charge in [-0.05, 0) is 67.9 Å². The van der Waals surface area contributed by atoms with Gasteiger partial charge in [0.05, 0.1) is 0 Å². The minimum atomic E-state index is 0.160. The first-order valence-corrected chi connectivity index (χ1v) is 10.1. The van der Waals surface area contributed by atoms with Crippen molar-refractivity contribution >= 4 is 23.6 Å². The number of rotatable bonds is 6. The summed E-state index contributed by atoms with van der Waals surface area (Å²) in [7, 11) is 7.96. The molecule has 0 amide bonds. The standard InChI is InChI=1S/C25H31N3O/c1-26-17-20-7-5-18(6-8-20)13-21-15-23(27-2)16-22(25(21)29)14-19-9-11-24(12-10-19)28(3)4/h5-14,23,26-27H,15-17H2,1-4H3/b21-13+,22-14+. The van der Waals surface area contributed by atoms with Crippen LogP contribution in [-0.4, -0.2) is 40.0 Å². The Morgan fingerprint density at radius 2 is 1.41 bits per heavy atom. The zero-order valence-electron chi connectivity index (χ0n) is 17.8. The number of hydrogen-bond acceptors (Lipinski definition) is 4. The van der Waals surface area contributed by atoms with Gasteiger partial charge in [-0.15, -0.1) is 0 Å². The molecule has 0 radical (unpaired) electrons. The number of nitrogens with zero attached hydrogens (tertiary/aromatic N) is 1. The number of carbonyl (C=O) groups excluding carboxylic acids is 1. The third-order valence-corrected chi connectivity index (χ3v) is 5.38.